The Morgan fingerprint density at radius 3 is 2.13 bits per heavy atom. The first kappa shape index (κ1) is 28.3. The zero-order chi connectivity index (χ0) is 23.5. The largest absolute Gasteiger partial charge is 0.362 e. The third kappa shape index (κ3) is 14.0. The maximum Gasteiger partial charge on any atom is 0.275 e. The minimum Gasteiger partial charge on any atom is -0.362 e. The fourth-order valence-corrected chi connectivity index (χ4v) is 2.60. The highest BCUT2D eigenvalue weighted by Crippen LogP contribution is 2.06. The van der Waals surface area contributed by atoms with Gasteiger partial charge in [0.2, 0.25) is 17.5 Å². The highest BCUT2D eigenvalue weighted by molar-refractivity contribution is 5.90. The third-order valence-corrected chi connectivity index (χ3v) is 4.44. The SMILES string of the molecule is CC=CC.CCCCCCCC(=O)NCC(O)(NC(C)=O)C(=O)NCc1ccccc1. The monoisotopic (exact) mass is 433 g/mol. The van der Waals surface area contributed by atoms with Crippen LogP contribution in [0.1, 0.15) is 71.8 Å². The number of carbonyl (C=O) groups excluding carboxylic acids is 3. The van der Waals surface area contributed by atoms with E-state index in [2.05, 4.69) is 22.9 Å². The molecule has 31 heavy (non-hydrogen) atoms. The number of amides is 3. The van der Waals surface area contributed by atoms with Crippen molar-refractivity contribution in [1.82, 2.24) is 16.0 Å². The van der Waals surface area contributed by atoms with Gasteiger partial charge < -0.3 is 21.1 Å². The molecule has 4 N–H and O–H groups in total. The van der Waals surface area contributed by atoms with Gasteiger partial charge in [-0.3, -0.25) is 14.4 Å². The summed E-state index contributed by atoms with van der Waals surface area (Å²) < 4.78 is 0. The van der Waals surface area contributed by atoms with E-state index in [-0.39, 0.29) is 19.0 Å². The molecule has 1 rings (SSSR count). The number of unbranched alkanes of at least 4 members (excludes halogenated alkanes) is 4. The first-order chi connectivity index (χ1) is 14.8. The van der Waals surface area contributed by atoms with Crippen molar-refractivity contribution < 1.29 is 19.5 Å². The molecule has 1 unspecified atom stereocenters. The van der Waals surface area contributed by atoms with Crippen molar-refractivity contribution in [2.45, 2.75) is 78.5 Å². The van der Waals surface area contributed by atoms with Crippen LogP contribution in [0, 0.1) is 0 Å². The summed E-state index contributed by atoms with van der Waals surface area (Å²) in [5.41, 5.74) is -1.34. The number of hydrogen-bond donors (Lipinski definition) is 4. The first-order valence-corrected chi connectivity index (χ1v) is 11.0. The third-order valence-electron chi connectivity index (χ3n) is 4.44. The predicted octanol–water partition coefficient (Wildman–Crippen LogP) is 3.19. The molecule has 1 aromatic rings. The Kier molecular flexibility index (Phi) is 15.6. The molecule has 1 atom stereocenters. The molecule has 0 aromatic heterocycles. The molecule has 0 fully saturated rings. The molecule has 7 heteroatoms. The second-order valence-corrected chi connectivity index (χ2v) is 7.32. The Bertz CT molecular complexity index is 673. The highest BCUT2D eigenvalue weighted by atomic mass is 16.3. The Morgan fingerprint density at radius 1 is 0.968 bits per heavy atom. The fourth-order valence-electron chi connectivity index (χ4n) is 2.60. The molecule has 3 amide bonds. The summed E-state index contributed by atoms with van der Waals surface area (Å²) in [7, 11) is 0. The summed E-state index contributed by atoms with van der Waals surface area (Å²) in [5.74, 6) is -1.60. The first-order valence-electron chi connectivity index (χ1n) is 11.0. The van der Waals surface area contributed by atoms with Crippen LogP contribution in [-0.2, 0) is 20.9 Å². The molecule has 0 saturated heterocycles. The van der Waals surface area contributed by atoms with Gasteiger partial charge in [-0.2, -0.15) is 0 Å². The number of nitrogens with one attached hydrogen (secondary N) is 3. The molecule has 0 aliphatic rings. The molecule has 0 bridgehead atoms. The van der Waals surface area contributed by atoms with E-state index in [1.807, 2.05) is 56.3 Å². The van der Waals surface area contributed by atoms with Gasteiger partial charge in [0, 0.05) is 19.9 Å². The van der Waals surface area contributed by atoms with Crippen molar-refractivity contribution in [3.8, 4) is 0 Å². The van der Waals surface area contributed by atoms with E-state index in [0.29, 0.717) is 6.42 Å². The molecule has 0 aliphatic carbocycles. The van der Waals surface area contributed by atoms with E-state index in [9.17, 15) is 19.5 Å². The van der Waals surface area contributed by atoms with Crippen LogP contribution >= 0.6 is 0 Å². The van der Waals surface area contributed by atoms with Gasteiger partial charge in [0.1, 0.15) is 0 Å². The zero-order valence-electron chi connectivity index (χ0n) is 19.4. The highest BCUT2D eigenvalue weighted by Gasteiger charge is 2.37. The van der Waals surface area contributed by atoms with E-state index >= 15 is 0 Å². The lowest BCUT2D eigenvalue weighted by atomic mass is 10.1. The lowest BCUT2D eigenvalue weighted by Gasteiger charge is -2.27. The van der Waals surface area contributed by atoms with Gasteiger partial charge in [-0.1, -0.05) is 75.1 Å². The average Bonchev–Trinajstić information content (AvgIpc) is 2.76. The van der Waals surface area contributed by atoms with Gasteiger partial charge in [-0.05, 0) is 25.8 Å². The van der Waals surface area contributed by atoms with Crippen LogP contribution in [0.3, 0.4) is 0 Å². The van der Waals surface area contributed by atoms with Crippen molar-refractivity contribution in [3.05, 3.63) is 48.0 Å². The van der Waals surface area contributed by atoms with Crippen LogP contribution in [0.4, 0.5) is 0 Å². The molecule has 7 nitrogen and oxygen atoms in total. The van der Waals surface area contributed by atoms with Gasteiger partial charge in [0.15, 0.2) is 0 Å². The quantitative estimate of drug-likeness (QED) is 0.231. The molecule has 0 aliphatic heterocycles. The van der Waals surface area contributed by atoms with Crippen molar-refractivity contribution in [2.24, 2.45) is 0 Å². The minimum absolute atomic E-state index is 0.201. The number of allylic oxidation sites excluding steroid dienone is 2. The number of benzene rings is 1. The van der Waals surface area contributed by atoms with Gasteiger partial charge >= 0.3 is 0 Å². The second-order valence-electron chi connectivity index (χ2n) is 7.32. The minimum atomic E-state index is -2.20. The molecule has 0 radical (unpaired) electrons. The van der Waals surface area contributed by atoms with Crippen LogP contribution in [0.5, 0.6) is 0 Å². The maximum atomic E-state index is 12.4. The van der Waals surface area contributed by atoms with Crippen molar-refractivity contribution >= 4 is 17.7 Å². The van der Waals surface area contributed by atoms with Crippen LogP contribution in [0.25, 0.3) is 0 Å². The van der Waals surface area contributed by atoms with Gasteiger partial charge in [0.25, 0.3) is 5.91 Å². The molecular formula is C24H39N3O4. The topological polar surface area (TPSA) is 108 Å². The van der Waals surface area contributed by atoms with Gasteiger partial charge in [-0.15, -0.1) is 0 Å². The fraction of sp³-hybridized carbons (Fsp3) is 0.542. The normalized spacial score (nSPS) is 12.3. The summed E-state index contributed by atoms with van der Waals surface area (Å²) >= 11 is 0. The van der Waals surface area contributed by atoms with Crippen LogP contribution < -0.4 is 16.0 Å². The standard InChI is InChI=1S/C20H31N3O4.C4H8/c1-3-4-5-6-10-13-18(25)22-15-20(27,23-16(2)24)19(26)21-14-17-11-8-7-9-12-17;1-3-4-2/h7-9,11-12,27H,3-6,10,13-15H2,1-2H3,(H,21,26)(H,22,25)(H,23,24);3-4H,1-2H3. The Balaban J connectivity index is 0.00000206. The lowest BCUT2D eigenvalue weighted by Crippen LogP contribution is -2.63. The smallest absolute Gasteiger partial charge is 0.275 e. The summed E-state index contributed by atoms with van der Waals surface area (Å²) in [4.78, 5) is 35.7. The van der Waals surface area contributed by atoms with Crippen LogP contribution in [0.15, 0.2) is 42.5 Å². The van der Waals surface area contributed by atoms with Crippen LogP contribution in [-0.4, -0.2) is 35.1 Å². The number of hydrogen-bond acceptors (Lipinski definition) is 4. The summed E-state index contributed by atoms with van der Waals surface area (Å²) in [6.07, 6.45) is 9.41. The van der Waals surface area contributed by atoms with E-state index in [1.165, 1.54) is 6.92 Å². The van der Waals surface area contributed by atoms with Crippen LogP contribution in [0.2, 0.25) is 0 Å². The summed E-state index contributed by atoms with van der Waals surface area (Å²) in [6, 6.07) is 9.19. The Hall–Kier alpha value is -2.67. The second kappa shape index (κ2) is 17.1. The predicted molar refractivity (Wildman–Crippen MR) is 124 cm³/mol. The molecular weight excluding hydrogens is 394 g/mol. The molecule has 1 aromatic carbocycles. The van der Waals surface area contributed by atoms with Gasteiger partial charge in [0.05, 0.1) is 6.54 Å². The van der Waals surface area contributed by atoms with E-state index < -0.39 is 17.5 Å². The van der Waals surface area contributed by atoms with Crippen molar-refractivity contribution in [2.75, 3.05) is 6.54 Å². The van der Waals surface area contributed by atoms with E-state index in [0.717, 1.165) is 37.7 Å². The Labute approximate surface area is 186 Å². The molecule has 0 heterocycles. The van der Waals surface area contributed by atoms with Crippen molar-refractivity contribution in [1.29, 1.82) is 0 Å². The lowest BCUT2D eigenvalue weighted by molar-refractivity contribution is -0.149. The number of rotatable bonds is 12. The molecule has 0 saturated carbocycles. The summed E-state index contributed by atoms with van der Waals surface area (Å²) in [6.45, 7) is 7.14. The summed E-state index contributed by atoms with van der Waals surface area (Å²) in [5, 5.41) is 17.9. The average molecular weight is 434 g/mol. The molecule has 0 spiro atoms. The Morgan fingerprint density at radius 2 is 1.58 bits per heavy atom. The van der Waals surface area contributed by atoms with Crippen molar-refractivity contribution in [3.63, 3.8) is 0 Å². The number of carbonyl (C=O) groups is 3. The maximum absolute atomic E-state index is 12.4. The van der Waals surface area contributed by atoms with E-state index in [4.69, 9.17) is 0 Å². The van der Waals surface area contributed by atoms with E-state index in [1.54, 1.807) is 0 Å². The zero-order valence-corrected chi connectivity index (χ0v) is 19.4. The molecule has 174 valence electrons. The van der Waals surface area contributed by atoms with Gasteiger partial charge in [-0.25, -0.2) is 0 Å². The number of aliphatic hydroxyl groups is 1.